The summed E-state index contributed by atoms with van der Waals surface area (Å²) in [6, 6.07) is 5.38. The predicted molar refractivity (Wildman–Crippen MR) is 64.3 cm³/mol. The fourth-order valence-electron chi connectivity index (χ4n) is 2.23. The van der Waals surface area contributed by atoms with E-state index in [1.807, 2.05) is 13.1 Å². The fraction of sp³-hybridized carbons (Fsp3) is 0.417. The molecule has 1 saturated heterocycles. The minimum absolute atomic E-state index is 0.146. The summed E-state index contributed by atoms with van der Waals surface area (Å²) in [4.78, 5) is 0. The van der Waals surface area contributed by atoms with Crippen LogP contribution >= 0.6 is 0 Å². The number of rotatable bonds is 2. The van der Waals surface area contributed by atoms with Gasteiger partial charge in [-0.05, 0) is 25.1 Å². The zero-order chi connectivity index (χ0) is 11.8. The molecule has 0 bridgehead atoms. The number of aromatic hydroxyl groups is 1. The average Bonchev–Trinajstić information content (AvgIpc) is 2.90. The van der Waals surface area contributed by atoms with Crippen molar-refractivity contribution in [3.05, 3.63) is 18.2 Å². The van der Waals surface area contributed by atoms with Crippen molar-refractivity contribution in [1.82, 2.24) is 15.1 Å². The van der Waals surface area contributed by atoms with E-state index in [1.54, 1.807) is 16.8 Å². The zero-order valence-electron chi connectivity index (χ0n) is 9.68. The lowest BCUT2D eigenvalue weighted by Crippen LogP contribution is -2.19. The third-order valence-corrected chi connectivity index (χ3v) is 3.12. The van der Waals surface area contributed by atoms with Crippen molar-refractivity contribution in [1.29, 1.82) is 0 Å². The van der Waals surface area contributed by atoms with E-state index in [9.17, 15) is 5.11 Å². The van der Waals surface area contributed by atoms with E-state index in [1.165, 1.54) is 0 Å². The molecular weight excluding hydrogens is 218 g/mol. The van der Waals surface area contributed by atoms with Gasteiger partial charge in [0.2, 0.25) is 5.88 Å². The van der Waals surface area contributed by atoms with Crippen molar-refractivity contribution >= 4 is 10.9 Å². The Labute approximate surface area is 99.0 Å². The first-order valence-corrected chi connectivity index (χ1v) is 5.78. The molecule has 2 aromatic rings. The van der Waals surface area contributed by atoms with Crippen molar-refractivity contribution < 1.29 is 9.84 Å². The van der Waals surface area contributed by atoms with Crippen LogP contribution in [0.15, 0.2) is 18.2 Å². The highest BCUT2D eigenvalue weighted by atomic mass is 16.5. The first kappa shape index (κ1) is 10.4. The van der Waals surface area contributed by atoms with E-state index >= 15 is 0 Å². The molecule has 0 amide bonds. The lowest BCUT2D eigenvalue weighted by atomic mass is 10.2. The van der Waals surface area contributed by atoms with Crippen molar-refractivity contribution in [2.75, 3.05) is 13.1 Å². The summed E-state index contributed by atoms with van der Waals surface area (Å²) in [6.45, 7) is 1.81. The molecule has 5 nitrogen and oxygen atoms in total. The predicted octanol–water partition coefficient (Wildman–Crippen LogP) is 1.02. The molecule has 1 atom stereocenters. The quantitative estimate of drug-likeness (QED) is 0.813. The number of phenols is 1. The number of benzene rings is 1. The Morgan fingerprint density at radius 3 is 3.18 bits per heavy atom. The van der Waals surface area contributed by atoms with Gasteiger partial charge in [0.25, 0.3) is 0 Å². The highest BCUT2D eigenvalue weighted by Gasteiger charge is 2.20. The van der Waals surface area contributed by atoms with Crippen LogP contribution in [-0.2, 0) is 7.05 Å². The standard InChI is InChI=1S/C12H15N3O2/c1-15-9-3-2-4-10(16)11(9)12(14-15)17-8-5-6-13-7-8/h2-4,8,13,16H,5-7H2,1H3. The third-order valence-electron chi connectivity index (χ3n) is 3.12. The number of phenolic OH excluding ortho intramolecular Hbond substituents is 1. The molecular formula is C12H15N3O2. The van der Waals surface area contributed by atoms with Crippen molar-refractivity contribution in [3.63, 3.8) is 0 Å². The van der Waals surface area contributed by atoms with Gasteiger partial charge in [-0.1, -0.05) is 6.07 Å². The number of aromatic nitrogens is 2. The van der Waals surface area contributed by atoms with Crippen LogP contribution in [-0.4, -0.2) is 34.1 Å². The lowest BCUT2D eigenvalue weighted by molar-refractivity contribution is 0.214. The Morgan fingerprint density at radius 2 is 2.41 bits per heavy atom. The molecule has 0 radical (unpaired) electrons. The van der Waals surface area contributed by atoms with Gasteiger partial charge in [0.15, 0.2) is 0 Å². The summed E-state index contributed by atoms with van der Waals surface area (Å²) in [6.07, 6.45) is 1.12. The molecule has 1 aliphatic heterocycles. The highest BCUT2D eigenvalue weighted by molar-refractivity contribution is 5.90. The summed E-state index contributed by atoms with van der Waals surface area (Å²) in [7, 11) is 1.85. The van der Waals surface area contributed by atoms with E-state index in [0.29, 0.717) is 11.3 Å². The van der Waals surface area contributed by atoms with Gasteiger partial charge in [-0.25, -0.2) is 0 Å². The van der Waals surface area contributed by atoms with Gasteiger partial charge in [-0.3, -0.25) is 4.68 Å². The molecule has 2 N–H and O–H groups in total. The summed E-state index contributed by atoms with van der Waals surface area (Å²) in [5, 5.41) is 18.1. The van der Waals surface area contributed by atoms with Gasteiger partial charge >= 0.3 is 0 Å². The Morgan fingerprint density at radius 1 is 1.53 bits per heavy atom. The minimum atomic E-state index is 0.146. The molecule has 0 aliphatic carbocycles. The topological polar surface area (TPSA) is 59.3 Å². The number of nitrogens with zero attached hydrogens (tertiary/aromatic N) is 2. The Balaban J connectivity index is 2.03. The molecule has 1 fully saturated rings. The van der Waals surface area contributed by atoms with E-state index in [-0.39, 0.29) is 11.9 Å². The maximum absolute atomic E-state index is 9.89. The van der Waals surface area contributed by atoms with Gasteiger partial charge in [0, 0.05) is 13.6 Å². The van der Waals surface area contributed by atoms with Crippen LogP contribution in [0.25, 0.3) is 10.9 Å². The minimum Gasteiger partial charge on any atom is -0.507 e. The number of ether oxygens (including phenoxy) is 1. The first-order chi connectivity index (χ1) is 8.25. The summed E-state index contributed by atoms with van der Waals surface area (Å²) in [5.41, 5.74) is 0.881. The van der Waals surface area contributed by atoms with Crippen molar-refractivity contribution in [2.24, 2.45) is 7.05 Å². The number of nitrogens with one attached hydrogen (secondary N) is 1. The van der Waals surface area contributed by atoms with Crippen LogP contribution in [0, 0.1) is 0 Å². The van der Waals surface area contributed by atoms with Crippen molar-refractivity contribution in [3.8, 4) is 11.6 Å². The second-order valence-electron chi connectivity index (χ2n) is 4.33. The number of fused-ring (bicyclic) bond motifs is 1. The lowest BCUT2D eigenvalue weighted by Gasteiger charge is -2.09. The van der Waals surface area contributed by atoms with Crippen LogP contribution in [0.3, 0.4) is 0 Å². The maximum atomic E-state index is 9.89. The van der Waals surface area contributed by atoms with Crippen LogP contribution < -0.4 is 10.1 Å². The molecule has 1 unspecified atom stereocenters. The molecule has 90 valence electrons. The SMILES string of the molecule is Cn1nc(OC2CCNC2)c2c(O)cccc21. The Kier molecular flexibility index (Phi) is 2.40. The molecule has 2 heterocycles. The van der Waals surface area contributed by atoms with E-state index in [2.05, 4.69) is 10.4 Å². The average molecular weight is 233 g/mol. The Bertz CT molecular complexity index is 544. The maximum Gasteiger partial charge on any atom is 0.244 e. The molecule has 0 saturated carbocycles. The van der Waals surface area contributed by atoms with Gasteiger partial charge in [0.05, 0.1) is 5.52 Å². The normalized spacial score (nSPS) is 19.9. The van der Waals surface area contributed by atoms with Gasteiger partial charge in [-0.2, -0.15) is 0 Å². The zero-order valence-corrected chi connectivity index (χ0v) is 9.68. The number of hydrogen-bond donors (Lipinski definition) is 2. The third kappa shape index (κ3) is 1.72. The van der Waals surface area contributed by atoms with Gasteiger partial charge in [0.1, 0.15) is 17.2 Å². The molecule has 0 spiro atoms. The molecule has 5 heteroatoms. The summed E-state index contributed by atoms with van der Waals surface area (Å²) < 4.78 is 7.56. The summed E-state index contributed by atoms with van der Waals surface area (Å²) >= 11 is 0. The Hall–Kier alpha value is -1.75. The highest BCUT2D eigenvalue weighted by Crippen LogP contribution is 2.33. The van der Waals surface area contributed by atoms with Crippen LogP contribution in [0.5, 0.6) is 11.6 Å². The largest absolute Gasteiger partial charge is 0.507 e. The summed E-state index contributed by atoms with van der Waals surface area (Å²) in [5.74, 6) is 0.742. The second-order valence-corrected chi connectivity index (χ2v) is 4.33. The first-order valence-electron chi connectivity index (χ1n) is 5.78. The molecule has 1 aromatic heterocycles. The second kappa shape index (κ2) is 3.92. The molecule has 1 aliphatic rings. The van der Waals surface area contributed by atoms with E-state index < -0.39 is 0 Å². The van der Waals surface area contributed by atoms with Gasteiger partial charge < -0.3 is 15.2 Å². The smallest absolute Gasteiger partial charge is 0.244 e. The van der Waals surface area contributed by atoms with Crippen LogP contribution in [0.1, 0.15) is 6.42 Å². The molecule has 17 heavy (non-hydrogen) atoms. The van der Waals surface area contributed by atoms with E-state index in [0.717, 1.165) is 25.0 Å². The number of hydrogen-bond acceptors (Lipinski definition) is 4. The molecule has 1 aromatic carbocycles. The van der Waals surface area contributed by atoms with Crippen molar-refractivity contribution in [2.45, 2.75) is 12.5 Å². The molecule has 3 rings (SSSR count). The van der Waals surface area contributed by atoms with Crippen LogP contribution in [0.4, 0.5) is 0 Å². The number of aryl methyl sites for hydroxylation is 1. The fourth-order valence-corrected chi connectivity index (χ4v) is 2.23. The van der Waals surface area contributed by atoms with Gasteiger partial charge in [-0.15, -0.1) is 5.10 Å². The van der Waals surface area contributed by atoms with E-state index in [4.69, 9.17) is 4.74 Å². The monoisotopic (exact) mass is 233 g/mol. The van der Waals surface area contributed by atoms with Crippen LogP contribution in [0.2, 0.25) is 0 Å².